The smallest absolute Gasteiger partial charge is 0.224 e. The summed E-state index contributed by atoms with van der Waals surface area (Å²) in [6.07, 6.45) is 1.15. The van der Waals surface area contributed by atoms with Crippen LogP contribution in [0.25, 0.3) is 0 Å². The van der Waals surface area contributed by atoms with Crippen LogP contribution in [0, 0.1) is 0 Å². The van der Waals surface area contributed by atoms with E-state index in [9.17, 15) is 4.79 Å². The lowest BCUT2D eigenvalue weighted by molar-refractivity contribution is -0.122. The fourth-order valence-corrected chi connectivity index (χ4v) is 2.25. The summed E-state index contributed by atoms with van der Waals surface area (Å²) in [6, 6.07) is 3.58. The van der Waals surface area contributed by atoms with Gasteiger partial charge in [0.2, 0.25) is 5.91 Å². The third-order valence-corrected chi connectivity index (χ3v) is 3.66. The lowest BCUT2D eigenvalue weighted by atomic mass is 10.0. The first kappa shape index (κ1) is 15.0. The summed E-state index contributed by atoms with van der Waals surface area (Å²) >= 11 is 6.15. The van der Waals surface area contributed by atoms with Gasteiger partial charge in [0.15, 0.2) is 11.5 Å². The molecule has 1 aromatic carbocycles. The summed E-state index contributed by atoms with van der Waals surface area (Å²) in [5, 5.41) is 3.49. The minimum absolute atomic E-state index is 0.0235. The third kappa shape index (κ3) is 3.57. The van der Waals surface area contributed by atoms with E-state index in [0.717, 1.165) is 12.0 Å². The molecule has 0 saturated carbocycles. The molecule has 4 nitrogen and oxygen atoms in total. The van der Waals surface area contributed by atoms with Crippen LogP contribution in [-0.4, -0.2) is 24.7 Å². The second kappa shape index (κ2) is 5.92. The fourth-order valence-electron chi connectivity index (χ4n) is 1.96. The number of fused-ring (bicyclic) bond motifs is 1. The average Bonchev–Trinajstić information content (AvgIpc) is 2.38. The van der Waals surface area contributed by atoms with Crippen LogP contribution in [-0.2, 0) is 11.2 Å². The minimum atomic E-state index is -0.200. The maximum absolute atomic E-state index is 12.0. The van der Waals surface area contributed by atoms with Crippen molar-refractivity contribution in [1.29, 1.82) is 0 Å². The lowest BCUT2D eigenvalue weighted by Crippen LogP contribution is -2.43. The van der Waals surface area contributed by atoms with Gasteiger partial charge in [-0.25, -0.2) is 0 Å². The molecule has 20 heavy (non-hydrogen) atoms. The number of rotatable bonds is 4. The molecule has 1 aliphatic heterocycles. The Balaban J connectivity index is 2.10. The molecule has 5 heteroatoms. The summed E-state index contributed by atoms with van der Waals surface area (Å²) in [7, 11) is 0. The number of ether oxygens (including phenoxy) is 2. The van der Waals surface area contributed by atoms with Crippen LogP contribution in [0.2, 0.25) is 5.02 Å². The lowest BCUT2D eigenvalue weighted by Gasteiger charge is -2.25. The first-order valence-corrected chi connectivity index (χ1v) is 7.18. The second-order valence-electron chi connectivity index (χ2n) is 5.56. The van der Waals surface area contributed by atoms with Gasteiger partial charge in [-0.2, -0.15) is 0 Å². The van der Waals surface area contributed by atoms with Crippen molar-refractivity contribution in [2.75, 3.05) is 13.2 Å². The Morgan fingerprint density at radius 2 is 2.05 bits per heavy atom. The van der Waals surface area contributed by atoms with E-state index in [1.54, 1.807) is 6.07 Å². The van der Waals surface area contributed by atoms with Crippen molar-refractivity contribution in [2.24, 2.45) is 0 Å². The number of nitrogens with one attached hydrogen (secondary N) is 1. The Labute approximate surface area is 124 Å². The van der Waals surface area contributed by atoms with Gasteiger partial charge in [-0.3, -0.25) is 4.79 Å². The molecule has 0 unspecified atom stereocenters. The molecule has 0 atom stereocenters. The van der Waals surface area contributed by atoms with Crippen LogP contribution >= 0.6 is 11.6 Å². The number of amides is 1. The SMILES string of the molecule is CCC(C)(C)NC(=O)Cc1cc(Cl)c2c(c1)OCCO2. The number of hydrogen-bond donors (Lipinski definition) is 1. The molecule has 0 aromatic heterocycles. The van der Waals surface area contributed by atoms with Crippen LogP contribution in [0.3, 0.4) is 0 Å². The highest BCUT2D eigenvalue weighted by Crippen LogP contribution is 2.38. The van der Waals surface area contributed by atoms with E-state index in [0.29, 0.717) is 29.7 Å². The van der Waals surface area contributed by atoms with E-state index < -0.39 is 0 Å². The molecule has 0 aliphatic carbocycles. The molecule has 110 valence electrons. The van der Waals surface area contributed by atoms with Gasteiger partial charge in [0, 0.05) is 5.54 Å². The summed E-state index contributed by atoms with van der Waals surface area (Å²) in [5.41, 5.74) is 0.623. The summed E-state index contributed by atoms with van der Waals surface area (Å²) in [5.74, 6) is 1.15. The molecule has 1 aliphatic rings. The van der Waals surface area contributed by atoms with E-state index in [2.05, 4.69) is 5.32 Å². The van der Waals surface area contributed by atoms with Crippen LogP contribution in [0.4, 0.5) is 0 Å². The van der Waals surface area contributed by atoms with Crippen molar-refractivity contribution in [3.8, 4) is 11.5 Å². The topological polar surface area (TPSA) is 47.6 Å². The van der Waals surface area contributed by atoms with Crippen molar-refractivity contribution in [3.63, 3.8) is 0 Å². The van der Waals surface area contributed by atoms with Crippen molar-refractivity contribution < 1.29 is 14.3 Å². The van der Waals surface area contributed by atoms with E-state index in [1.165, 1.54) is 0 Å². The maximum Gasteiger partial charge on any atom is 0.224 e. The first-order chi connectivity index (χ1) is 9.41. The number of hydrogen-bond acceptors (Lipinski definition) is 3. The predicted octanol–water partition coefficient (Wildman–Crippen LogP) is 2.96. The molecule has 0 spiro atoms. The average molecular weight is 298 g/mol. The van der Waals surface area contributed by atoms with E-state index >= 15 is 0 Å². The zero-order valence-electron chi connectivity index (χ0n) is 12.1. The quantitative estimate of drug-likeness (QED) is 0.929. The highest BCUT2D eigenvalue weighted by atomic mass is 35.5. The Hall–Kier alpha value is -1.42. The van der Waals surface area contributed by atoms with Gasteiger partial charge in [0.1, 0.15) is 13.2 Å². The highest BCUT2D eigenvalue weighted by Gasteiger charge is 2.20. The normalized spacial score (nSPS) is 14.0. The first-order valence-electron chi connectivity index (χ1n) is 6.80. The van der Waals surface area contributed by atoms with Crippen molar-refractivity contribution in [3.05, 3.63) is 22.7 Å². The van der Waals surface area contributed by atoms with Gasteiger partial charge in [0.25, 0.3) is 0 Å². The van der Waals surface area contributed by atoms with Gasteiger partial charge in [-0.1, -0.05) is 18.5 Å². The zero-order valence-corrected chi connectivity index (χ0v) is 12.8. The maximum atomic E-state index is 12.0. The van der Waals surface area contributed by atoms with Crippen molar-refractivity contribution in [2.45, 2.75) is 39.2 Å². The molecule has 2 rings (SSSR count). The Bertz CT molecular complexity index is 514. The van der Waals surface area contributed by atoms with Gasteiger partial charge >= 0.3 is 0 Å². The molecule has 1 heterocycles. The monoisotopic (exact) mass is 297 g/mol. The Morgan fingerprint density at radius 1 is 1.35 bits per heavy atom. The Kier molecular flexibility index (Phi) is 4.43. The molecule has 1 N–H and O–H groups in total. The molecule has 1 aromatic rings. The molecular formula is C15H20ClNO3. The number of halogens is 1. The second-order valence-corrected chi connectivity index (χ2v) is 5.97. The van der Waals surface area contributed by atoms with Gasteiger partial charge in [-0.15, -0.1) is 0 Å². The summed E-state index contributed by atoms with van der Waals surface area (Å²) in [4.78, 5) is 12.0. The van der Waals surface area contributed by atoms with E-state index in [1.807, 2.05) is 26.8 Å². The Morgan fingerprint density at radius 3 is 2.75 bits per heavy atom. The van der Waals surface area contributed by atoms with Gasteiger partial charge in [-0.05, 0) is 38.0 Å². The van der Waals surface area contributed by atoms with Crippen LogP contribution in [0.5, 0.6) is 11.5 Å². The van der Waals surface area contributed by atoms with Crippen LogP contribution < -0.4 is 14.8 Å². The van der Waals surface area contributed by atoms with Crippen molar-refractivity contribution in [1.82, 2.24) is 5.32 Å². The third-order valence-electron chi connectivity index (χ3n) is 3.38. The molecule has 0 fully saturated rings. The van der Waals surface area contributed by atoms with Crippen molar-refractivity contribution >= 4 is 17.5 Å². The molecule has 1 amide bonds. The van der Waals surface area contributed by atoms with E-state index in [4.69, 9.17) is 21.1 Å². The number of carbonyl (C=O) groups excluding carboxylic acids is 1. The van der Waals surface area contributed by atoms with Crippen LogP contribution in [0.1, 0.15) is 32.8 Å². The summed E-state index contributed by atoms with van der Waals surface area (Å²) < 4.78 is 11.0. The van der Waals surface area contributed by atoms with Gasteiger partial charge in [0.05, 0.1) is 11.4 Å². The van der Waals surface area contributed by atoms with Gasteiger partial charge < -0.3 is 14.8 Å². The largest absolute Gasteiger partial charge is 0.486 e. The highest BCUT2D eigenvalue weighted by molar-refractivity contribution is 6.32. The molecule has 0 bridgehead atoms. The number of benzene rings is 1. The molecule has 0 saturated heterocycles. The molecular weight excluding hydrogens is 278 g/mol. The number of carbonyl (C=O) groups is 1. The summed E-state index contributed by atoms with van der Waals surface area (Å²) in [6.45, 7) is 7.05. The predicted molar refractivity (Wildman–Crippen MR) is 78.7 cm³/mol. The molecule has 0 radical (unpaired) electrons. The fraction of sp³-hybridized carbons (Fsp3) is 0.533. The zero-order chi connectivity index (χ0) is 14.8. The standard InChI is InChI=1S/C15H20ClNO3/c1-4-15(2,3)17-13(18)9-10-7-11(16)14-12(8-10)19-5-6-20-14/h7-8H,4-6,9H2,1-3H3,(H,17,18). The van der Waals surface area contributed by atoms with E-state index in [-0.39, 0.29) is 17.9 Å². The minimum Gasteiger partial charge on any atom is -0.486 e. The van der Waals surface area contributed by atoms with Crippen LogP contribution in [0.15, 0.2) is 12.1 Å².